The van der Waals surface area contributed by atoms with Crippen LogP contribution in [0.25, 0.3) is 0 Å². The summed E-state index contributed by atoms with van der Waals surface area (Å²) in [5.74, 6) is 1.56. The highest BCUT2D eigenvalue weighted by atomic mass is 15.0. The maximum atomic E-state index is 6.57. The molecule has 0 bridgehead atoms. The van der Waals surface area contributed by atoms with Crippen molar-refractivity contribution >= 4 is 0 Å². The highest BCUT2D eigenvalue weighted by Crippen LogP contribution is 2.38. The molecule has 2 heteroatoms. The van der Waals surface area contributed by atoms with E-state index < -0.39 is 0 Å². The van der Waals surface area contributed by atoms with Gasteiger partial charge in [-0.3, -0.25) is 0 Å². The smallest absolute Gasteiger partial charge is 0.0125 e. The van der Waals surface area contributed by atoms with Crippen LogP contribution < -0.4 is 11.1 Å². The van der Waals surface area contributed by atoms with Crippen LogP contribution in [-0.2, 0) is 0 Å². The molecule has 3 fully saturated rings. The van der Waals surface area contributed by atoms with E-state index in [1.54, 1.807) is 0 Å². The van der Waals surface area contributed by atoms with Gasteiger partial charge < -0.3 is 11.1 Å². The molecule has 2 nitrogen and oxygen atoms in total. The van der Waals surface area contributed by atoms with Crippen LogP contribution >= 0.6 is 0 Å². The number of nitrogens with one attached hydrogen (secondary N) is 1. The van der Waals surface area contributed by atoms with Crippen molar-refractivity contribution in [1.29, 1.82) is 0 Å². The van der Waals surface area contributed by atoms with Gasteiger partial charge in [0.2, 0.25) is 0 Å². The minimum atomic E-state index is 0.495. The first-order valence-corrected chi connectivity index (χ1v) is 7.38. The molecular weight excluding hydrogens is 196 g/mol. The molecule has 0 aromatic carbocycles. The zero-order valence-electron chi connectivity index (χ0n) is 10.3. The molecule has 3 rings (SSSR count). The Balaban J connectivity index is 1.76. The van der Waals surface area contributed by atoms with Crippen molar-refractivity contribution in [2.24, 2.45) is 17.6 Å². The molecule has 16 heavy (non-hydrogen) atoms. The second-order valence-electron chi connectivity index (χ2n) is 6.21. The quantitative estimate of drug-likeness (QED) is 0.660. The SMILES string of the molecule is NC1C2CCCCCC2NC2CCCCC21. The average Bonchev–Trinajstić information content (AvgIpc) is 2.55. The molecule has 92 valence electrons. The van der Waals surface area contributed by atoms with Crippen LogP contribution in [0.5, 0.6) is 0 Å². The summed E-state index contributed by atoms with van der Waals surface area (Å²) in [6.07, 6.45) is 12.6. The third kappa shape index (κ3) is 1.91. The standard InChI is InChI=1S/C14H26N2/c15-14-10-6-2-1-3-8-12(10)16-13-9-5-4-7-11(13)14/h10-14,16H,1-9,15H2. The van der Waals surface area contributed by atoms with Gasteiger partial charge in [-0.05, 0) is 37.5 Å². The fraction of sp³-hybridized carbons (Fsp3) is 1.00. The van der Waals surface area contributed by atoms with E-state index in [0.29, 0.717) is 6.04 Å². The van der Waals surface area contributed by atoms with Crippen LogP contribution in [0.15, 0.2) is 0 Å². The van der Waals surface area contributed by atoms with E-state index in [1.165, 1.54) is 57.8 Å². The number of fused-ring (bicyclic) bond motifs is 2. The van der Waals surface area contributed by atoms with Gasteiger partial charge in [0.1, 0.15) is 0 Å². The Kier molecular flexibility index (Phi) is 3.21. The van der Waals surface area contributed by atoms with Crippen molar-refractivity contribution in [3.05, 3.63) is 0 Å². The van der Waals surface area contributed by atoms with Gasteiger partial charge in [0.15, 0.2) is 0 Å². The van der Waals surface area contributed by atoms with Gasteiger partial charge in [-0.15, -0.1) is 0 Å². The molecule has 5 atom stereocenters. The van der Waals surface area contributed by atoms with E-state index in [-0.39, 0.29) is 0 Å². The van der Waals surface area contributed by atoms with Crippen LogP contribution in [0.2, 0.25) is 0 Å². The van der Waals surface area contributed by atoms with Gasteiger partial charge in [-0.25, -0.2) is 0 Å². The van der Waals surface area contributed by atoms with Gasteiger partial charge >= 0.3 is 0 Å². The molecule has 2 aliphatic carbocycles. The lowest BCUT2D eigenvalue weighted by molar-refractivity contribution is 0.0915. The lowest BCUT2D eigenvalue weighted by atomic mass is 9.69. The van der Waals surface area contributed by atoms with Crippen molar-refractivity contribution in [2.45, 2.75) is 75.9 Å². The molecule has 3 aliphatic rings. The summed E-state index contributed by atoms with van der Waals surface area (Å²) >= 11 is 0. The van der Waals surface area contributed by atoms with Gasteiger partial charge in [0.25, 0.3) is 0 Å². The number of rotatable bonds is 0. The zero-order valence-corrected chi connectivity index (χ0v) is 10.3. The fourth-order valence-corrected chi connectivity index (χ4v) is 4.42. The topological polar surface area (TPSA) is 38.0 Å². The van der Waals surface area contributed by atoms with Crippen molar-refractivity contribution in [2.75, 3.05) is 0 Å². The van der Waals surface area contributed by atoms with Crippen molar-refractivity contribution in [1.82, 2.24) is 5.32 Å². The number of piperidine rings is 1. The summed E-state index contributed by atoms with van der Waals surface area (Å²) in [5.41, 5.74) is 6.57. The van der Waals surface area contributed by atoms with E-state index >= 15 is 0 Å². The summed E-state index contributed by atoms with van der Waals surface area (Å²) in [4.78, 5) is 0. The van der Waals surface area contributed by atoms with E-state index in [0.717, 1.165) is 23.9 Å². The molecule has 0 radical (unpaired) electrons. The molecule has 3 N–H and O–H groups in total. The zero-order chi connectivity index (χ0) is 11.0. The van der Waals surface area contributed by atoms with Crippen molar-refractivity contribution in [3.63, 3.8) is 0 Å². The molecule has 5 unspecified atom stereocenters. The third-order valence-electron chi connectivity index (χ3n) is 5.31. The Bertz CT molecular complexity index is 241. The fourth-order valence-electron chi connectivity index (χ4n) is 4.42. The monoisotopic (exact) mass is 222 g/mol. The number of hydrogen-bond donors (Lipinski definition) is 2. The van der Waals surface area contributed by atoms with E-state index in [2.05, 4.69) is 5.32 Å². The van der Waals surface area contributed by atoms with Crippen LogP contribution in [-0.4, -0.2) is 18.1 Å². The molecule has 0 aromatic rings. The molecule has 1 heterocycles. The molecule has 0 amide bonds. The first-order valence-electron chi connectivity index (χ1n) is 7.38. The minimum absolute atomic E-state index is 0.495. The Morgan fingerprint density at radius 3 is 1.88 bits per heavy atom. The number of nitrogens with two attached hydrogens (primary N) is 1. The summed E-state index contributed by atoms with van der Waals surface area (Å²) in [6.45, 7) is 0. The van der Waals surface area contributed by atoms with Crippen molar-refractivity contribution in [3.8, 4) is 0 Å². The minimum Gasteiger partial charge on any atom is -0.327 e. The molecule has 1 saturated heterocycles. The van der Waals surface area contributed by atoms with E-state index in [4.69, 9.17) is 5.73 Å². The van der Waals surface area contributed by atoms with Gasteiger partial charge in [0.05, 0.1) is 0 Å². The Labute approximate surface area is 99.4 Å². The first kappa shape index (κ1) is 11.0. The predicted molar refractivity (Wildman–Crippen MR) is 67.2 cm³/mol. The van der Waals surface area contributed by atoms with Gasteiger partial charge in [-0.2, -0.15) is 0 Å². The molecule has 1 aliphatic heterocycles. The Morgan fingerprint density at radius 2 is 1.19 bits per heavy atom. The molecular formula is C14H26N2. The molecule has 0 aromatic heterocycles. The summed E-state index contributed by atoms with van der Waals surface area (Å²) in [7, 11) is 0. The largest absolute Gasteiger partial charge is 0.327 e. The second kappa shape index (κ2) is 4.66. The van der Waals surface area contributed by atoms with Gasteiger partial charge in [0, 0.05) is 18.1 Å². The van der Waals surface area contributed by atoms with Crippen LogP contribution in [0.1, 0.15) is 57.8 Å². The van der Waals surface area contributed by atoms with E-state index in [9.17, 15) is 0 Å². The van der Waals surface area contributed by atoms with Crippen LogP contribution in [0.3, 0.4) is 0 Å². The molecule has 0 spiro atoms. The maximum absolute atomic E-state index is 6.57. The molecule has 2 saturated carbocycles. The summed E-state index contributed by atoms with van der Waals surface area (Å²) < 4.78 is 0. The first-order chi connectivity index (χ1) is 7.86. The summed E-state index contributed by atoms with van der Waals surface area (Å²) in [6, 6.07) is 1.99. The predicted octanol–water partition coefficient (Wildman–Crippen LogP) is 2.42. The maximum Gasteiger partial charge on any atom is 0.0125 e. The van der Waals surface area contributed by atoms with Crippen molar-refractivity contribution < 1.29 is 0 Å². The number of hydrogen-bond acceptors (Lipinski definition) is 2. The van der Waals surface area contributed by atoms with Gasteiger partial charge in [-0.1, -0.05) is 32.1 Å². The highest BCUT2D eigenvalue weighted by Gasteiger charge is 2.43. The van der Waals surface area contributed by atoms with Crippen LogP contribution in [0, 0.1) is 11.8 Å². The Morgan fingerprint density at radius 1 is 0.688 bits per heavy atom. The second-order valence-corrected chi connectivity index (χ2v) is 6.21. The third-order valence-corrected chi connectivity index (χ3v) is 5.31. The van der Waals surface area contributed by atoms with E-state index in [1.807, 2.05) is 0 Å². The lowest BCUT2D eigenvalue weighted by Crippen LogP contribution is -2.62. The highest BCUT2D eigenvalue weighted by molar-refractivity contribution is 5.01. The summed E-state index contributed by atoms with van der Waals surface area (Å²) in [5, 5.41) is 3.95. The normalized spacial score (nSPS) is 48.9. The lowest BCUT2D eigenvalue weighted by Gasteiger charge is -2.48. The Hall–Kier alpha value is -0.0800. The average molecular weight is 222 g/mol. The van der Waals surface area contributed by atoms with Crippen LogP contribution in [0.4, 0.5) is 0 Å².